The zero-order valence-electron chi connectivity index (χ0n) is 9.09. The Morgan fingerprint density at radius 1 is 0.923 bits per heavy atom. The van der Waals surface area contributed by atoms with E-state index >= 15 is 0 Å². The summed E-state index contributed by atoms with van der Waals surface area (Å²) < 4.78 is 0. The van der Waals surface area contributed by atoms with E-state index in [-0.39, 0.29) is 23.4 Å². The Bertz CT molecular complexity index is 165. The van der Waals surface area contributed by atoms with E-state index < -0.39 is 0 Å². The van der Waals surface area contributed by atoms with Gasteiger partial charge in [0, 0.05) is 24.7 Å². The lowest BCUT2D eigenvalue weighted by molar-refractivity contribution is -0.125. The van der Waals surface area contributed by atoms with Crippen molar-refractivity contribution in [3.63, 3.8) is 0 Å². The topological polar surface area (TPSA) is 34.1 Å². The van der Waals surface area contributed by atoms with E-state index in [0.29, 0.717) is 19.3 Å². The van der Waals surface area contributed by atoms with Gasteiger partial charge in [0.05, 0.1) is 0 Å². The van der Waals surface area contributed by atoms with Crippen LogP contribution >= 0.6 is 0 Å². The molecular formula is C11H20O2. The second-order valence-corrected chi connectivity index (χ2v) is 3.68. The molecule has 0 N–H and O–H groups in total. The highest BCUT2D eigenvalue weighted by Crippen LogP contribution is 2.15. The molecule has 13 heavy (non-hydrogen) atoms. The Balaban J connectivity index is 3.98. The van der Waals surface area contributed by atoms with Crippen LogP contribution in [-0.2, 0) is 9.59 Å². The van der Waals surface area contributed by atoms with Gasteiger partial charge in [0.2, 0.25) is 0 Å². The molecule has 0 saturated heterocycles. The van der Waals surface area contributed by atoms with Gasteiger partial charge in [0.25, 0.3) is 0 Å². The summed E-state index contributed by atoms with van der Waals surface area (Å²) in [5.74, 6) is 0.595. The maximum atomic E-state index is 11.2. The molecule has 0 aromatic carbocycles. The molecule has 2 heteroatoms. The summed E-state index contributed by atoms with van der Waals surface area (Å²) in [6, 6.07) is 0. The van der Waals surface area contributed by atoms with Crippen LogP contribution < -0.4 is 0 Å². The van der Waals surface area contributed by atoms with Crippen LogP contribution in [-0.4, -0.2) is 11.6 Å². The molecule has 0 saturated carbocycles. The molecule has 2 unspecified atom stereocenters. The van der Waals surface area contributed by atoms with Crippen LogP contribution in [0.5, 0.6) is 0 Å². The van der Waals surface area contributed by atoms with Gasteiger partial charge in [-0.1, -0.05) is 27.7 Å². The van der Waals surface area contributed by atoms with Crippen LogP contribution in [0.1, 0.15) is 47.0 Å². The minimum atomic E-state index is 0.0375. The standard InChI is InChI=1S/C11H20O2/c1-5-10(12)8(3)7-9(4)11(13)6-2/h8-9H,5-7H2,1-4H3. The molecule has 76 valence electrons. The lowest BCUT2D eigenvalue weighted by Gasteiger charge is -2.13. The molecule has 0 amide bonds. The zero-order valence-corrected chi connectivity index (χ0v) is 9.09. The third kappa shape index (κ3) is 4.20. The predicted molar refractivity (Wildman–Crippen MR) is 53.5 cm³/mol. The first kappa shape index (κ1) is 12.3. The molecule has 0 rings (SSSR count). The van der Waals surface area contributed by atoms with Gasteiger partial charge in [0.1, 0.15) is 11.6 Å². The number of hydrogen-bond acceptors (Lipinski definition) is 2. The minimum absolute atomic E-state index is 0.0375. The van der Waals surface area contributed by atoms with Crippen LogP contribution in [0.2, 0.25) is 0 Å². The van der Waals surface area contributed by atoms with Crippen LogP contribution in [0.15, 0.2) is 0 Å². The number of hydrogen-bond donors (Lipinski definition) is 0. The molecule has 0 aliphatic heterocycles. The first-order valence-corrected chi connectivity index (χ1v) is 5.08. The smallest absolute Gasteiger partial charge is 0.135 e. The SMILES string of the molecule is CCC(=O)C(C)CC(C)C(=O)CC. The Kier molecular flexibility index (Phi) is 5.60. The second kappa shape index (κ2) is 5.90. The number of Topliss-reactive ketones (excluding diaryl/α,β-unsaturated/α-hetero) is 2. The van der Waals surface area contributed by atoms with E-state index in [9.17, 15) is 9.59 Å². The third-order valence-electron chi connectivity index (χ3n) is 2.50. The van der Waals surface area contributed by atoms with Crippen LogP contribution in [0.25, 0.3) is 0 Å². The van der Waals surface area contributed by atoms with Gasteiger partial charge in [-0.3, -0.25) is 9.59 Å². The number of rotatable bonds is 6. The molecule has 0 heterocycles. The summed E-state index contributed by atoms with van der Waals surface area (Å²) in [6.45, 7) is 7.55. The van der Waals surface area contributed by atoms with E-state index in [4.69, 9.17) is 0 Å². The Morgan fingerprint density at radius 3 is 1.46 bits per heavy atom. The van der Waals surface area contributed by atoms with Crippen molar-refractivity contribution in [2.75, 3.05) is 0 Å². The van der Waals surface area contributed by atoms with Crippen molar-refractivity contribution in [1.82, 2.24) is 0 Å². The van der Waals surface area contributed by atoms with Gasteiger partial charge in [-0.15, -0.1) is 0 Å². The van der Waals surface area contributed by atoms with E-state index in [1.54, 1.807) is 0 Å². The highest BCUT2D eigenvalue weighted by Gasteiger charge is 2.18. The quantitative estimate of drug-likeness (QED) is 0.636. The Labute approximate surface area is 80.7 Å². The summed E-state index contributed by atoms with van der Waals surface area (Å²) in [5.41, 5.74) is 0. The normalized spacial score (nSPS) is 15.1. The molecular weight excluding hydrogens is 164 g/mol. The van der Waals surface area contributed by atoms with Gasteiger partial charge < -0.3 is 0 Å². The van der Waals surface area contributed by atoms with Crippen molar-refractivity contribution in [2.45, 2.75) is 47.0 Å². The van der Waals surface area contributed by atoms with Crippen LogP contribution in [0.3, 0.4) is 0 Å². The zero-order chi connectivity index (χ0) is 10.4. The molecule has 0 aromatic rings. The van der Waals surface area contributed by atoms with Gasteiger partial charge in [0.15, 0.2) is 0 Å². The second-order valence-electron chi connectivity index (χ2n) is 3.68. The van der Waals surface area contributed by atoms with Gasteiger partial charge in [-0.2, -0.15) is 0 Å². The summed E-state index contributed by atoms with van der Waals surface area (Å²) in [7, 11) is 0. The molecule has 0 aliphatic carbocycles. The van der Waals surface area contributed by atoms with Crippen molar-refractivity contribution >= 4 is 11.6 Å². The fourth-order valence-corrected chi connectivity index (χ4v) is 1.49. The summed E-state index contributed by atoms with van der Waals surface area (Å²) in [5, 5.41) is 0. The summed E-state index contributed by atoms with van der Waals surface area (Å²) in [6.07, 6.45) is 1.86. The third-order valence-corrected chi connectivity index (χ3v) is 2.50. The molecule has 2 nitrogen and oxygen atoms in total. The predicted octanol–water partition coefficient (Wildman–Crippen LogP) is 2.61. The molecule has 0 aliphatic rings. The fraction of sp³-hybridized carbons (Fsp3) is 0.818. The van der Waals surface area contributed by atoms with E-state index in [2.05, 4.69) is 0 Å². The summed E-state index contributed by atoms with van der Waals surface area (Å²) in [4.78, 5) is 22.5. The van der Waals surface area contributed by atoms with Gasteiger partial charge in [-0.05, 0) is 6.42 Å². The van der Waals surface area contributed by atoms with Crippen molar-refractivity contribution < 1.29 is 9.59 Å². The van der Waals surface area contributed by atoms with Crippen molar-refractivity contribution in [2.24, 2.45) is 11.8 Å². The monoisotopic (exact) mass is 184 g/mol. The van der Waals surface area contributed by atoms with Crippen LogP contribution in [0, 0.1) is 11.8 Å². The maximum absolute atomic E-state index is 11.2. The van der Waals surface area contributed by atoms with Gasteiger partial charge in [-0.25, -0.2) is 0 Å². The largest absolute Gasteiger partial charge is 0.299 e. The maximum Gasteiger partial charge on any atom is 0.135 e. The first-order valence-electron chi connectivity index (χ1n) is 5.08. The highest BCUT2D eigenvalue weighted by atomic mass is 16.1. The Hall–Kier alpha value is -0.660. The summed E-state index contributed by atoms with van der Waals surface area (Å²) >= 11 is 0. The first-order chi connectivity index (χ1) is 6.02. The highest BCUT2D eigenvalue weighted by molar-refractivity contribution is 5.83. The number of ketones is 2. The van der Waals surface area contributed by atoms with Gasteiger partial charge >= 0.3 is 0 Å². The van der Waals surface area contributed by atoms with Crippen molar-refractivity contribution in [3.8, 4) is 0 Å². The van der Waals surface area contributed by atoms with Crippen LogP contribution in [0.4, 0.5) is 0 Å². The molecule has 2 atom stereocenters. The number of carbonyl (C=O) groups excluding carboxylic acids is 2. The lowest BCUT2D eigenvalue weighted by atomic mass is 9.89. The average Bonchev–Trinajstić information content (AvgIpc) is 2.14. The number of carbonyl (C=O) groups is 2. The fourth-order valence-electron chi connectivity index (χ4n) is 1.49. The minimum Gasteiger partial charge on any atom is -0.299 e. The molecule has 0 fully saturated rings. The van der Waals surface area contributed by atoms with E-state index in [1.807, 2.05) is 27.7 Å². The average molecular weight is 184 g/mol. The molecule has 0 aromatic heterocycles. The molecule has 0 radical (unpaired) electrons. The van der Waals surface area contributed by atoms with E-state index in [1.165, 1.54) is 0 Å². The van der Waals surface area contributed by atoms with Crippen molar-refractivity contribution in [3.05, 3.63) is 0 Å². The van der Waals surface area contributed by atoms with E-state index in [0.717, 1.165) is 0 Å². The molecule has 0 bridgehead atoms. The van der Waals surface area contributed by atoms with Crippen molar-refractivity contribution in [1.29, 1.82) is 0 Å². The lowest BCUT2D eigenvalue weighted by Crippen LogP contribution is -2.18. The Morgan fingerprint density at radius 2 is 1.23 bits per heavy atom. The molecule has 0 spiro atoms.